The van der Waals surface area contributed by atoms with E-state index in [0.29, 0.717) is 35.5 Å². The second-order valence-corrected chi connectivity index (χ2v) is 7.24. The molecule has 9 nitrogen and oxygen atoms in total. The first kappa shape index (κ1) is 22.5. The monoisotopic (exact) mass is 423 g/mol. The maximum absolute atomic E-state index is 11.9. The van der Waals surface area contributed by atoms with Crippen molar-refractivity contribution in [3.8, 4) is 0 Å². The number of aromatic nitrogens is 4. The molecule has 1 amide bonds. The van der Waals surface area contributed by atoms with E-state index in [1.165, 1.54) is 0 Å². The van der Waals surface area contributed by atoms with Crippen molar-refractivity contribution in [1.29, 1.82) is 0 Å². The highest BCUT2D eigenvalue weighted by molar-refractivity contribution is 5.91. The number of hydrogen-bond donors (Lipinski definition) is 4. The third kappa shape index (κ3) is 6.40. The van der Waals surface area contributed by atoms with Gasteiger partial charge in [0.1, 0.15) is 11.4 Å². The van der Waals surface area contributed by atoms with Crippen molar-refractivity contribution in [2.75, 3.05) is 26.7 Å². The van der Waals surface area contributed by atoms with Gasteiger partial charge in [-0.1, -0.05) is 13.0 Å². The molecule has 3 heterocycles. The largest absolute Gasteiger partial charge is 0.354 e. The van der Waals surface area contributed by atoms with E-state index in [-0.39, 0.29) is 11.5 Å². The number of H-pyrrole nitrogens is 1. The fraction of sp³-hybridized carbons (Fsp3) is 0.409. The van der Waals surface area contributed by atoms with E-state index < -0.39 is 0 Å². The first-order chi connectivity index (χ1) is 15.1. The van der Waals surface area contributed by atoms with E-state index in [9.17, 15) is 9.59 Å². The van der Waals surface area contributed by atoms with Crippen LogP contribution in [0.2, 0.25) is 0 Å². The van der Waals surface area contributed by atoms with Gasteiger partial charge in [0.05, 0.1) is 5.52 Å². The van der Waals surface area contributed by atoms with Crippen LogP contribution in [0.15, 0.2) is 35.4 Å². The van der Waals surface area contributed by atoms with Crippen LogP contribution in [0.4, 0.5) is 0 Å². The minimum absolute atomic E-state index is 0.149. The highest BCUT2D eigenvalue weighted by atomic mass is 16.1. The van der Waals surface area contributed by atoms with Crippen LogP contribution >= 0.6 is 0 Å². The number of nitrogens with zero attached hydrogens (tertiary/aromatic N) is 3. The Balaban J connectivity index is 1.32. The second kappa shape index (κ2) is 11.3. The normalized spacial score (nSPS) is 11.0. The Morgan fingerprint density at radius 2 is 1.87 bits per heavy atom. The van der Waals surface area contributed by atoms with Gasteiger partial charge in [-0.2, -0.15) is 0 Å². The molecule has 0 unspecified atom stereocenters. The van der Waals surface area contributed by atoms with Gasteiger partial charge in [-0.25, -0.2) is 9.97 Å². The maximum Gasteiger partial charge on any atom is 0.270 e. The van der Waals surface area contributed by atoms with Crippen LogP contribution in [-0.4, -0.2) is 52.5 Å². The first-order valence-electron chi connectivity index (χ1n) is 10.6. The van der Waals surface area contributed by atoms with Crippen molar-refractivity contribution in [2.24, 2.45) is 0 Å². The van der Waals surface area contributed by atoms with Crippen LogP contribution in [0.3, 0.4) is 0 Å². The number of fused-ring (bicyclic) bond motifs is 1. The summed E-state index contributed by atoms with van der Waals surface area (Å²) in [5.41, 5.74) is 4.15. The number of pyridine rings is 2. The molecule has 0 radical (unpaired) electrons. The average Bonchev–Trinajstić information content (AvgIpc) is 2.80. The molecular weight excluding hydrogens is 394 g/mol. The molecule has 31 heavy (non-hydrogen) atoms. The minimum atomic E-state index is -0.171. The van der Waals surface area contributed by atoms with Crippen LogP contribution in [-0.2, 0) is 19.4 Å². The van der Waals surface area contributed by atoms with Gasteiger partial charge >= 0.3 is 0 Å². The lowest BCUT2D eigenvalue weighted by Gasteiger charge is -2.08. The topological polar surface area (TPSA) is 125 Å². The molecule has 9 heteroatoms. The summed E-state index contributed by atoms with van der Waals surface area (Å²) in [4.78, 5) is 39.1. The summed E-state index contributed by atoms with van der Waals surface area (Å²) < 4.78 is 0. The zero-order valence-corrected chi connectivity index (χ0v) is 18.0. The molecular formula is C22H29N7O2. The Morgan fingerprint density at radius 1 is 1.06 bits per heavy atom. The third-order valence-electron chi connectivity index (χ3n) is 4.92. The number of nitrogens with one attached hydrogen (secondary N) is 4. The standard InChI is InChI=1S/C22H29N7O2/c1-3-17-22(31)29-19-11-16(14-27-20(19)28-17)12-25-10-9-24-8-4-5-15-6-7-18(26-13-15)21(30)23-2/h6-7,11,13-14,24-25H,3-5,8-10,12H2,1-2H3,(H,23,30)(H,29,31). The second-order valence-electron chi connectivity index (χ2n) is 7.24. The highest BCUT2D eigenvalue weighted by Crippen LogP contribution is 2.07. The number of hydrogen-bond acceptors (Lipinski definition) is 7. The van der Waals surface area contributed by atoms with Crippen LogP contribution in [0.1, 0.15) is 40.7 Å². The summed E-state index contributed by atoms with van der Waals surface area (Å²) in [7, 11) is 1.60. The molecule has 0 spiro atoms. The molecule has 4 N–H and O–H groups in total. The van der Waals surface area contributed by atoms with Gasteiger partial charge in [-0.15, -0.1) is 0 Å². The SMILES string of the molecule is CCc1nc2ncc(CNCCNCCCc3ccc(C(=O)NC)nc3)cc2[nH]c1=O. The van der Waals surface area contributed by atoms with Gasteiger partial charge in [0, 0.05) is 39.1 Å². The molecule has 0 aliphatic rings. The zero-order chi connectivity index (χ0) is 22.1. The summed E-state index contributed by atoms with van der Waals surface area (Å²) in [5.74, 6) is -0.171. The van der Waals surface area contributed by atoms with Crippen LogP contribution in [0.5, 0.6) is 0 Å². The smallest absolute Gasteiger partial charge is 0.270 e. The number of rotatable bonds is 11. The van der Waals surface area contributed by atoms with Crippen molar-refractivity contribution in [3.05, 3.63) is 63.5 Å². The number of carbonyl (C=O) groups excluding carboxylic acids is 1. The van der Waals surface area contributed by atoms with E-state index in [1.54, 1.807) is 25.5 Å². The van der Waals surface area contributed by atoms with Crippen molar-refractivity contribution < 1.29 is 4.79 Å². The van der Waals surface area contributed by atoms with Crippen LogP contribution < -0.4 is 21.5 Å². The average molecular weight is 424 g/mol. The first-order valence-corrected chi connectivity index (χ1v) is 10.6. The molecule has 0 fully saturated rings. The van der Waals surface area contributed by atoms with Crippen molar-refractivity contribution in [3.63, 3.8) is 0 Å². The lowest BCUT2D eigenvalue weighted by Crippen LogP contribution is -2.28. The Hall–Kier alpha value is -3.17. The van der Waals surface area contributed by atoms with Gasteiger partial charge in [-0.05, 0) is 49.1 Å². The van der Waals surface area contributed by atoms with E-state index >= 15 is 0 Å². The molecule has 3 aromatic rings. The zero-order valence-electron chi connectivity index (χ0n) is 18.0. The summed E-state index contributed by atoms with van der Waals surface area (Å²) in [6.45, 7) is 5.16. The number of aryl methyl sites for hydroxylation is 2. The van der Waals surface area contributed by atoms with Gasteiger partial charge < -0.3 is 20.9 Å². The minimum Gasteiger partial charge on any atom is -0.354 e. The maximum atomic E-state index is 11.9. The van der Waals surface area contributed by atoms with Crippen molar-refractivity contribution in [2.45, 2.75) is 32.7 Å². The van der Waals surface area contributed by atoms with Gasteiger partial charge in [0.15, 0.2) is 5.65 Å². The van der Waals surface area contributed by atoms with Crippen LogP contribution in [0, 0.1) is 0 Å². The predicted molar refractivity (Wildman–Crippen MR) is 120 cm³/mol. The third-order valence-corrected chi connectivity index (χ3v) is 4.92. The Kier molecular flexibility index (Phi) is 8.19. The Bertz CT molecular complexity index is 1060. The summed E-state index contributed by atoms with van der Waals surface area (Å²) in [5, 5.41) is 9.35. The van der Waals surface area contributed by atoms with Crippen molar-refractivity contribution >= 4 is 17.1 Å². The Labute approximate surface area is 181 Å². The molecule has 0 bridgehead atoms. The molecule has 0 aromatic carbocycles. The summed E-state index contributed by atoms with van der Waals surface area (Å²) in [6.07, 6.45) is 6.04. The lowest BCUT2D eigenvalue weighted by molar-refractivity contribution is 0.0958. The van der Waals surface area contributed by atoms with E-state index in [2.05, 4.69) is 35.9 Å². The number of amides is 1. The molecule has 0 aliphatic heterocycles. The molecule has 3 rings (SSSR count). The molecule has 164 valence electrons. The quantitative estimate of drug-likeness (QED) is 0.338. The van der Waals surface area contributed by atoms with Gasteiger partial charge in [0.25, 0.3) is 11.5 Å². The van der Waals surface area contributed by atoms with Gasteiger partial charge in [0.2, 0.25) is 0 Å². The summed E-state index contributed by atoms with van der Waals surface area (Å²) >= 11 is 0. The Morgan fingerprint density at radius 3 is 2.61 bits per heavy atom. The van der Waals surface area contributed by atoms with E-state index in [1.807, 2.05) is 19.1 Å². The lowest BCUT2D eigenvalue weighted by atomic mass is 10.1. The van der Waals surface area contributed by atoms with Crippen LogP contribution in [0.25, 0.3) is 11.2 Å². The molecule has 0 aliphatic carbocycles. The van der Waals surface area contributed by atoms with Crippen molar-refractivity contribution in [1.82, 2.24) is 35.9 Å². The van der Waals surface area contributed by atoms with E-state index in [0.717, 1.165) is 43.6 Å². The molecule has 3 aromatic heterocycles. The molecule has 0 saturated carbocycles. The molecule has 0 saturated heterocycles. The predicted octanol–water partition coefficient (Wildman–Crippen LogP) is 0.947. The summed E-state index contributed by atoms with van der Waals surface area (Å²) in [6, 6.07) is 5.62. The fourth-order valence-corrected chi connectivity index (χ4v) is 3.18. The molecule has 0 atom stereocenters. The highest BCUT2D eigenvalue weighted by Gasteiger charge is 2.05. The van der Waals surface area contributed by atoms with Gasteiger partial charge in [-0.3, -0.25) is 14.6 Å². The number of carbonyl (C=O) groups is 1. The van der Waals surface area contributed by atoms with E-state index in [4.69, 9.17) is 0 Å². The fourth-order valence-electron chi connectivity index (χ4n) is 3.18. The number of aromatic amines is 1.